The lowest BCUT2D eigenvalue weighted by atomic mass is 9.84. The average molecular weight is 686 g/mol. The summed E-state index contributed by atoms with van der Waals surface area (Å²) in [5.41, 5.74) is 0.710. The van der Waals surface area contributed by atoms with E-state index in [-0.39, 0.29) is 54.7 Å². The predicted octanol–water partition coefficient (Wildman–Crippen LogP) is 4.52. The topological polar surface area (TPSA) is 140 Å². The second-order valence-corrected chi connectivity index (χ2v) is 15.4. The Labute approximate surface area is 285 Å². The highest BCUT2D eigenvalue weighted by Gasteiger charge is 2.36. The van der Waals surface area contributed by atoms with E-state index in [0.29, 0.717) is 37.2 Å². The summed E-state index contributed by atoms with van der Waals surface area (Å²) in [5.74, 6) is -0.692. The molecule has 2 aliphatic rings. The fourth-order valence-electron chi connectivity index (χ4n) is 6.33. The number of sulfonamides is 1. The third kappa shape index (κ3) is 11.3. The number of hydrogen-bond acceptors (Lipinski definition) is 9. The van der Waals surface area contributed by atoms with Crippen LogP contribution in [0.25, 0.3) is 0 Å². The van der Waals surface area contributed by atoms with E-state index < -0.39 is 27.6 Å². The standard InChI is InChI=1S/C36H51N3O8S/c1-36(2,3)47-33(41)24-37-29-19-21-39(22-20-29)32(40)18-15-28-23-30(45-4)16-17-31(28)48(43,44)38-34(27-13-9-6-10-14-27)35(42)46-25-26-11-7-5-8-12-26/h5,7-8,11-12,16-17,23,27,29,34,37-38H,6,9-10,13-15,18-22,24-25H2,1-4H3. The molecule has 0 radical (unpaired) electrons. The second-order valence-electron chi connectivity index (χ2n) is 13.7. The number of nitrogens with zero attached hydrogens (tertiary/aromatic N) is 1. The Bertz CT molecular complexity index is 1480. The minimum absolute atomic E-state index is 0.0119. The van der Waals surface area contributed by atoms with E-state index >= 15 is 0 Å². The molecule has 11 nitrogen and oxygen atoms in total. The van der Waals surface area contributed by atoms with Gasteiger partial charge in [-0.2, -0.15) is 4.72 Å². The molecule has 4 rings (SSSR count). The Morgan fingerprint density at radius 3 is 2.29 bits per heavy atom. The lowest BCUT2D eigenvalue weighted by molar-refractivity contribution is -0.154. The molecule has 1 atom stereocenters. The van der Waals surface area contributed by atoms with Crippen molar-refractivity contribution in [1.82, 2.24) is 14.9 Å². The van der Waals surface area contributed by atoms with Crippen molar-refractivity contribution in [1.29, 1.82) is 0 Å². The van der Waals surface area contributed by atoms with Gasteiger partial charge >= 0.3 is 11.9 Å². The second kappa shape index (κ2) is 17.3. The Hall–Kier alpha value is -3.48. The van der Waals surface area contributed by atoms with Gasteiger partial charge in [-0.15, -0.1) is 0 Å². The monoisotopic (exact) mass is 685 g/mol. The minimum atomic E-state index is -4.17. The highest BCUT2D eigenvalue weighted by atomic mass is 32.2. The number of carbonyl (C=O) groups is 3. The number of likely N-dealkylation sites (tertiary alicyclic amines) is 1. The van der Waals surface area contributed by atoms with Gasteiger partial charge in [-0.25, -0.2) is 8.42 Å². The van der Waals surface area contributed by atoms with Gasteiger partial charge in [0.25, 0.3) is 0 Å². The molecule has 0 bridgehead atoms. The van der Waals surface area contributed by atoms with Crippen LogP contribution in [0.2, 0.25) is 0 Å². The van der Waals surface area contributed by atoms with Crippen molar-refractivity contribution in [2.75, 3.05) is 26.7 Å². The summed E-state index contributed by atoms with van der Waals surface area (Å²) < 4.78 is 47.0. The SMILES string of the molecule is COc1ccc(S(=O)(=O)NC(C(=O)OCc2ccccc2)C2CCCCC2)c(CCC(=O)N2CCC(NCC(=O)OC(C)(C)C)CC2)c1. The van der Waals surface area contributed by atoms with Gasteiger partial charge in [-0.3, -0.25) is 14.4 Å². The van der Waals surface area contributed by atoms with E-state index in [4.69, 9.17) is 14.2 Å². The molecule has 2 N–H and O–H groups in total. The van der Waals surface area contributed by atoms with Gasteiger partial charge < -0.3 is 24.4 Å². The lowest BCUT2D eigenvalue weighted by Gasteiger charge is -2.32. The number of nitrogens with one attached hydrogen (secondary N) is 2. The zero-order valence-electron chi connectivity index (χ0n) is 28.7. The third-order valence-corrected chi connectivity index (χ3v) is 10.4. The van der Waals surface area contributed by atoms with Gasteiger partial charge in [0.1, 0.15) is 24.0 Å². The molecule has 48 heavy (non-hydrogen) atoms. The first-order chi connectivity index (χ1) is 22.8. The number of methoxy groups -OCH3 is 1. The first kappa shape index (κ1) is 37.3. The molecule has 1 saturated heterocycles. The fourth-order valence-corrected chi connectivity index (χ4v) is 7.84. The highest BCUT2D eigenvalue weighted by molar-refractivity contribution is 7.89. The zero-order chi connectivity index (χ0) is 34.7. The van der Waals surface area contributed by atoms with Crippen LogP contribution in [0.15, 0.2) is 53.4 Å². The maximum Gasteiger partial charge on any atom is 0.324 e. The van der Waals surface area contributed by atoms with Crippen LogP contribution in [0.4, 0.5) is 0 Å². The van der Waals surface area contributed by atoms with Gasteiger partial charge in [0.15, 0.2) is 0 Å². The molecule has 0 spiro atoms. The molecule has 1 aliphatic heterocycles. The quantitative estimate of drug-likeness (QED) is 0.275. The Morgan fingerprint density at radius 1 is 0.958 bits per heavy atom. The van der Waals surface area contributed by atoms with Crippen molar-refractivity contribution in [3.63, 3.8) is 0 Å². The fraction of sp³-hybridized carbons (Fsp3) is 0.583. The molecule has 1 saturated carbocycles. The van der Waals surface area contributed by atoms with Gasteiger partial charge in [0.2, 0.25) is 15.9 Å². The summed E-state index contributed by atoms with van der Waals surface area (Å²) in [6.45, 7) is 6.71. The molecule has 12 heteroatoms. The number of esters is 2. The van der Waals surface area contributed by atoms with Crippen LogP contribution in [0, 0.1) is 5.92 Å². The Kier molecular flexibility index (Phi) is 13.4. The Morgan fingerprint density at radius 2 is 1.65 bits per heavy atom. The lowest BCUT2D eigenvalue weighted by Crippen LogP contribution is -2.47. The molecule has 2 fully saturated rings. The summed E-state index contributed by atoms with van der Waals surface area (Å²) in [7, 11) is -2.68. The van der Waals surface area contributed by atoms with Crippen LogP contribution in [-0.4, -0.2) is 75.6 Å². The summed E-state index contributed by atoms with van der Waals surface area (Å²) in [6.07, 6.45) is 6.01. The number of hydrogen-bond donors (Lipinski definition) is 2. The van der Waals surface area contributed by atoms with Gasteiger partial charge in [-0.1, -0.05) is 49.6 Å². The number of benzene rings is 2. The number of rotatable bonds is 14. The molecule has 1 heterocycles. The van der Waals surface area contributed by atoms with Crippen molar-refractivity contribution < 1.29 is 37.0 Å². The van der Waals surface area contributed by atoms with E-state index in [1.165, 1.54) is 13.2 Å². The summed E-state index contributed by atoms with van der Waals surface area (Å²) in [5, 5.41) is 3.23. The van der Waals surface area contributed by atoms with Gasteiger partial charge in [-0.05, 0) is 88.1 Å². The Balaban J connectivity index is 1.40. The largest absolute Gasteiger partial charge is 0.497 e. The van der Waals surface area contributed by atoms with E-state index in [1.54, 1.807) is 17.0 Å². The maximum atomic E-state index is 14.0. The van der Waals surface area contributed by atoms with Crippen molar-refractivity contribution in [2.24, 2.45) is 5.92 Å². The minimum Gasteiger partial charge on any atom is -0.497 e. The van der Waals surface area contributed by atoms with Crippen molar-refractivity contribution in [3.05, 3.63) is 59.7 Å². The molecule has 2 aromatic rings. The summed E-state index contributed by atoms with van der Waals surface area (Å²) in [4.78, 5) is 40.5. The van der Waals surface area contributed by atoms with Crippen LogP contribution in [0.1, 0.15) is 83.3 Å². The average Bonchev–Trinajstić information content (AvgIpc) is 3.07. The van der Waals surface area contributed by atoms with Crippen LogP contribution in [0.3, 0.4) is 0 Å². The molecule has 2 aromatic carbocycles. The zero-order valence-corrected chi connectivity index (χ0v) is 29.5. The van der Waals surface area contributed by atoms with Crippen LogP contribution < -0.4 is 14.8 Å². The van der Waals surface area contributed by atoms with E-state index in [0.717, 1.165) is 37.7 Å². The van der Waals surface area contributed by atoms with Crippen LogP contribution in [0.5, 0.6) is 5.75 Å². The molecule has 0 aromatic heterocycles. The summed E-state index contributed by atoms with van der Waals surface area (Å²) >= 11 is 0. The first-order valence-electron chi connectivity index (χ1n) is 17.0. The van der Waals surface area contributed by atoms with Crippen LogP contribution >= 0.6 is 0 Å². The first-order valence-corrected chi connectivity index (χ1v) is 18.5. The number of aryl methyl sites for hydroxylation is 1. The van der Waals surface area contributed by atoms with Gasteiger partial charge in [0.05, 0.1) is 18.6 Å². The number of ether oxygens (including phenoxy) is 3. The number of carbonyl (C=O) groups excluding carboxylic acids is 3. The number of piperidine rings is 1. The molecule has 1 aliphatic carbocycles. The maximum absolute atomic E-state index is 14.0. The number of amides is 1. The van der Waals surface area contributed by atoms with Crippen molar-refractivity contribution >= 4 is 27.9 Å². The normalized spacial score (nSPS) is 17.0. The molecule has 1 unspecified atom stereocenters. The third-order valence-electron chi connectivity index (χ3n) is 8.85. The van der Waals surface area contributed by atoms with E-state index in [2.05, 4.69) is 10.0 Å². The predicted molar refractivity (Wildman–Crippen MR) is 182 cm³/mol. The summed E-state index contributed by atoms with van der Waals surface area (Å²) in [6, 6.07) is 13.0. The molecule has 264 valence electrons. The van der Waals surface area contributed by atoms with E-state index in [9.17, 15) is 22.8 Å². The highest BCUT2D eigenvalue weighted by Crippen LogP contribution is 2.30. The van der Waals surface area contributed by atoms with Crippen molar-refractivity contribution in [3.8, 4) is 5.75 Å². The molecular weight excluding hydrogens is 634 g/mol. The van der Waals surface area contributed by atoms with Gasteiger partial charge in [0, 0.05) is 25.6 Å². The van der Waals surface area contributed by atoms with E-state index in [1.807, 2.05) is 51.1 Å². The smallest absolute Gasteiger partial charge is 0.324 e. The molecule has 1 amide bonds. The van der Waals surface area contributed by atoms with Crippen molar-refractivity contribution in [2.45, 2.75) is 108 Å². The van der Waals surface area contributed by atoms with Crippen LogP contribution in [-0.2, 0) is 46.9 Å². The molecular formula is C36H51N3O8S.